The third-order valence-corrected chi connectivity index (χ3v) is 4.13. The van der Waals surface area contributed by atoms with Gasteiger partial charge in [-0.05, 0) is 45.4 Å². The second kappa shape index (κ2) is 5.24. The molecule has 2 N–H and O–H groups in total. The average molecular weight is 284 g/mol. The van der Waals surface area contributed by atoms with Gasteiger partial charge in [-0.15, -0.1) is 0 Å². The number of carbonyl (C=O) groups is 2. The number of carboxylic acid groups (broad SMARTS) is 1. The molecular formula is C14H24N2O4. The Hall–Kier alpha value is -1.30. The summed E-state index contributed by atoms with van der Waals surface area (Å²) in [6, 6.07) is -0.442. The molecule has 6 heteroatoms. The van der Waals surface area contributed by atoms with Crippen LogP contribution in [-0.4, -0.2) is 53.3 Å². The zero-order valence-corrected chi connectivity index (χ0v) is 12.4. The van der Waals surface area contributed by atoms with Crippen LogP contribution < -0.4 is 5.32 Å². The number of nitrogens with one attached hydrogen (secondary N) is 1. The van der Waals surface area contributed by atoms with Crippen molar-refractivity contribution in [3.05, 3.63) is 0 Å². The number of piperidine rings is 1. The lowest BCUT2D eigenvalue weighted by Gasteiger charge is -2.39. The van der Waals surface area contributed by atoms with Crippen molar-refractivity contribution in [1.82, 2.24) is 10.2 Å². The molecule has 0 radical (unpaired) electrons. The Morgan fingerprint density at radius 3 is 2.35 bits per heavy atom. The lowest BCUT2D eigenvalue weighted by Crippen LogP contribution is -2.45. The van der Waals surface area contributed by atoms with Crippen LogP contribution in [0.5, 0.6) is 0 Å². The van der Waals surface area contributed by atoms with Gasteiger partial charge in [0.05, 0.1) is 0 Å². The zero-order valence-electron chi connectivity index (χ0n) is 12.4. The van der Waals surface area contributed by atoms with Crippen LogP contribution >= 0.6 is 0 Å². The average Bonchev–Trinajstić information content (AvgIpc) is 2.72. The van der Waals surface area contributed by atoms with Gasteiger partial charge in [0.25, 0.3) is 0 Å². The van der Waals surface area contributed by atoms with Crippen LogP contribution in [0.25, 0.3) is 0 Å². The van der Waals surface area contributed by atoms with Crippen molar-refractivity contribution in [3.8, 4) is 0 Å². The van der Waals surface area contributed by atoms with E-state index in [0.29, 0.717) is 19.5 Å². The van der Waals surface area contributed by atoms with Crippen molar-refractivity contribution >= 4 is 12.1 Å². The Labute approximate surface area is 119 Å². The van der Waals surface area contributed by atoms with Crippen molar-refractivity contribution in [1.29, 1.82) is 0 Å². The minimum Gasteiger partial charge on any atom is -0.480 e. The number of ether oxygens (including phenoxy) is 1. The number of hydrogen-bond acceptors (Lipinski definition) is 4. The SMILES string of the molecule is CC(C)(C)OC(=O)N1CCC2(CC1)CN[C@H](C(=O)O)C2. The van der Waals surface area contributed by atoms with E-state index >= 15 is 0 Å². The normalized spacial score (nSPS) is 25.8. The van der Waals surface area contributed by atoms with Gasteiger partial charge < -0.3 is 20.1 Å². The fourth-order valence-corrected chi connectivity index (χ4v) is 2.96. The molecule has 1 atom stereocenters. The summed E-state index contributed by atoms with van der Waals surface area (Å²) in [6.07, 6.45) is 2.06. The highest BCUT2D eigenvalue weighted by Crippen LogP contribution is 2.39. The van der Waals surface area contributed by atoms with E-state index in [4.69, 9.17) is 9.84 Å². The minimum atomic E-state index is -0.781. The van der Waals surface area contributed by atoms with Crippen LogP contribution in [0.3, 0.4) is 0 Å². The van der Waals surface area contributed by atoms with Gasteiger partial charge in [-0.3, -0.25) is 4.79 Å². The van der Waals surface area contributed by atoms with Gasteiger partial charge in [-0.25, -0.2) is 4.79 Å². The first-order valence-corrected chi connectivity index (χ1v) is 7.15. The Kier molecular flexibility index (Phi) is 3.95. The molecule has 1 amide bonds. The molecule has 114 valence electrons. The monoisotopic (exact) mass is 284 g/mol. The summed E-state index contributed by atoms with van der Waals surface area (Å²) in [7, 11) is 0. The summed E-state index contributed by atoms with van der Waals surface area (Å²) in [5, 5.41) is 12.1. The van der Waals surface area contributed by atoms with Crippen molar-refractivity contribution in [2.75, 3.05) is 19.6 Å². The largest absolute Gasteiger partial charge is 0.480 e. The molecule has 0 aliphatic carbocycles. The summed E-state index contributed by atoms with van der Waals surface area (Å²) >= 11 is 0. The van der Waals surface area contributed by atoms with Crippen molar-refractivity contribution < 1.29 is 19.4 Å². The van der Waals surface area contributed by atoms with Crippen LogP contribution in [0.15, 0.2) is 0 Å². The van der Waals surface area contributed by atoms with E-state index in [-0.39, 0.29) is 11.5 Å². The Balaban J connectivity index is 1.87. The van der Waals surface area contributed by atoms with Crippen LogP contribution in [0.4, 0.5) is 4.79 Å². The molecule has 6 nitrogen and oxygen atoms in total. The lowest BCUT2D eigenvalue weighted by molar-refractivity contribution is -0.139. The van der Waals surface area contributed by atoms with Gasteiger partial charge in [0.15, 0.2) is 0 Å². The summed E-state index contributed by atoms with van der Waals surface area (Å²) in [5.74, 6) is -0.781. The Bertz CT molecular complexity index is 394. The van der Waals surface area contributed by atoms with E-state index in [1.165, 1.54) is 0 Å². The smallest absolute Gasteiger partial charge is 0.410 e. The van der Waals surface area contributed by atoms with E-state index < -0.39 is 17.6 Å². The minimum absolute atomic E-state index is 0.0293. The molecule has 0 unspecified atom stereocenters. The number of carbonyl (C=O) groups excluding carboxylic acids is 1. The lowest BCUT2D eigenvalue weighted by atomic mass is 9.76. The third-order valence-electron chi connectivity index (χ3n) is 4.13. The van der Waals surface area contributed by atoms with E-state index in [2.05, 4.69) is 5.32 Å². The molecular weight excluding hydrogens is 260 g/mol. The first-order valence-electron chi connectivity index (χ1n) is 7.15. The second-order valence-corrected chi connectivity index (χ2v) is 6.94. The molecule has 2 heterocycles. The number of likely N-dealkylation sites (tertiary alicyclic amines) is 1. The predicted molar refractivity (Wildman–Crippen MR) is 73.5 cm³/mol. The number of nitrogens with zero attached hydrogens (tertiary/aromatic N) is 1. The zero-order chi connectivity index (χ0) is 15.0. The molecule has 0 aromatic heterocycles. The van der Waals surface area contributed by atoms with Crippen LogP contribution in [0.1, 0.15) is 40.0 Å². The van der Waals surface area contributed by atoms with Gasteiger partial charge in [0.1, 0.15) is 11.6 Å². The van der Waals surface area contributed by atoms with E-state index in [1.54, 1.807) is 4.90 Å². The fraction of sp³-hybridized carbons (Fsp3) is 0.857. The van der Waals surface area contributed by atoms with Crippen LogP contribution in [0, 0.1) is 5.41 Å². The second-order valence-electron chi connectivity index (χ2n) is 6.94. The van der Waals surface area contributed by atoms with Gasteiger partial charge in [-0.1, -0.05) is 0 Å². The summed E-state index contributed by atoms with van der Waals surface area (Å²) in [4.78, 5) is 24.7. The fourth-order valence-electron chi connectivity index (χ4n) is 2.96. The van der Waals surface area contributed by atoms with Crippen LogP contribution in [0.2, 0.25) is 0 Å². The highest BCUT2D eigenvalue weighted by molar-refractivity contribution is 5.74. The van der Waals surface area contributed by atoms with E-state index in [1.807, 2.05) is 20.8 Å². The summed E-state index contributed by atoms with van der Waals surface area (Å²) in [5.41, 5.74) is -0.447. The number of hydrogen-bond donors (Lipinski definition) is 2. The molecule has 2 aliphatic rings. The van der Waals surface area contributed by atoms with Gasteiger partial charge in [0, 0.05) is 19.6 Å². The van der Waals surface area contributed by atoms with Gasteiger partial charge >= 0.3 is 12.1 Å². The number of rotatable bonds is 1. The number of amides is 1. The topological polar surface area (TPSA) is 78.9 Å². The highest BCUT2D eigenvalue weighted by Gasteiger charge is 2.44. The molecule has 2 saturated heterocycles. The predicted octanol–water partition coefficient (Wildman–Crippen LogP) is 1.45. The highest BCUT2D eigenvalue weighted by atomic mass is 16.6. The molecule has 2 aliphatic heterocycles. The molecule has 0 bridgehead atoms. The maximum atomic E-state index is 12.0. The third kappa shape index (κ3) is 3.42. The van der Waals surface area contributed by atoms with Gasteiger partial charge in [-0.2, -0.15) is 0 Å². The quantitative estimate of drug-likeness (QED) is 0.762. The molecule has 0 saturated carbocycles. The number of aliphatic carboxylic acids is 1. The molecule has 2 rings (SSSR count). The van der Waals surface area contributed by atoms with Crippen molar-refractivity contribution in [3.63, 3.8) is 0 Å². The first kappa shape index (κ1) is 15.1. The van der Waals surface area contributed by atoms with Crippen molar-refractivity contribution in [2.24, 2.45) is 5.41 Å². The number of carboxylic acids is 1. The Morgan fingerprint density at radius 2 is 1.90 bits per heavy atom. The first-order chi connectivity index (χ1) is 9.21. The van der Waals surface area contributed by atoms with Crippen molar-refractivity contribution in [2.45, 2.75) is 51.7 Å². The van der Waals surface area contributed by atoms with E-state index in [9.17, 15) is 9.59 Å². The summed E-state index contributed by atoms with van der Waals surface area (Å²) in [6.45, 7) is 7.58. The Morgan fingerprint density at radius 1 is 1.30 bits per heavy atom. The van der Waals surface area contributed by atoms with Crippen LogP contribution in [-0.2, 0) is 9.53 Å². The molecule has 1 spiro atoms. The molecule has 20 heavy (non-hydrogen) atoms. The molecule has 0 aromatic rings. The molecule has 0 aromatic carbocycles. The maximum absolute atomic E-state index is 12.0. The maximum Gasteiger partial charge on any atom is 0.410 e. The summed E-state index contributed by atoms with van der Waals surface area (Å²) < 4.78 is 5.36. The van der Waals surface area contributed by atoms with E-state index in [0.717, 1.165) is 19.4 Å². The molecule has 2 fully saturated rings. The van der Waals surface area contributed by atoms with Gasteiger partial charge in [0.2, 0.25) is 0 Å². The standard InChI is InChI=1S/C14H24N2O4/c1-13(2,3)20-12(19)16-6-4-14(5-7-16)8-10(11(17)18)15-9-14/h10,15H,4-9H2,1-3H3,(H,17,18)/t10-/m0/s1.